The van der Waals surface area contributed by atoms with E-state index in [9.17, 15) is 9.59 Å². The standard InChI is InChI=1S/C7H8O4/c1-5(8)3-2-4-6(9)7(10)11/h2-4,9H,1H3,(H,10,11)/b3-2-,6-4+. The molecular weight excluding hydrogens is 148 g/mol. The summed E-state index contributed by atoms with van der Waals surface area (Å²) in [5.74, 6) is -2.42. The molecule has 2 N–H and O–H groups in total. The Morgan fingerprint density at radius 1 is 1.27 bits per heavy atom. The van der Waals surface area contributed by atoms with E-state index in [1.807, 2.05) is 0 Å². The highest BCUT2D eigenvalue weighted by Gasteiger charge is 1.99. The third kappa shape index (κ3) is 4.90. The smallest absolute Gasteiger partial charge is 0.370 e. The number of ketones is 1. The number of hydrogen-bond acceptors (Lipinski definition) is 3. The van der Waals surface area contributed by atoms with Gasteiger partial charge in [-0.1, -0.05) is 6.08 Å². The van der Waals surface area contributed by atoms with Gasteiger partial charge < -0.3 is 10.2 Å². The van der Waals surface area contributed by atoms with Crippen LogP contribution >= 0.6 is 0 Å². The molecule has 0 aliphatic carbocycles. The maximum Gasteiger partial charge on any atom is 0.370 e. The van der Waals surface area contributed by atoms with Crippen molar-refractivity contribution >= 4 is 11.8 Å². The van der Waals surface area contributed by atoms with E-state index in [4.69, 9.17) is 10.2 Å². The van der Waals surface area contributed by atoms with Crippen molar-refractivity contribution in [1.82, 2.24) is 0 Å². The predicted octanol–water partition coefficient (Wildman–Crippen LogP) is 0.658. The van der Waals surface area contributed by atoms with Gasteiger partial charge in [0.05, 0.1) is 0 Å². The quantitative estimate of drug-likeness (QED) is 0.357. The maximum atomic E-state index is 10.2. The molecule has 0 heterocycles. The molecule has 0 saturated heterocycles. The Hall–Kier alpha value is -1.58. The van der Waals surface area contributed by atoms with E-state index in [-0.39, 0.29) is 5.78 Å². The number of aliphatic carboxylic acids is 1. The highest BCUT2D eigenvalue weighted by molar-refractivity contribution is 5.88. The van der Waals surface area contributed by atoms with Crippen molar-refractivity contribution in [1.29, 1.82) is 0 Å². The van der Waals surface area contributed by atoms with Crippen molar-refractivity contribution in [3.8, 4) is 0 Å². The van der Waals surface area contributed by atoms with Crippen LogP contribution < -0.4 is 0 Å². The Morgan fingerprint density at radius 2 is 1.82 bits per heavy atom. The summed E-state index contributed by atoms with van der Waals surface area (Å²) in [5.41, 5.74) is 0. The minimum atomic E-state index is -1.42. The van der Waals surface area contributed by atoms with Crippen LogP contribution in [-0.4, -0.2) is 22.0 Å². The van der Waals surface area contributed by atoms with Gasteiger partial charge >= 0.3 is 5.97 Å². The van der Waals surface area contributed by atoms with Gasteiger partial charge in [-0.15, -0.1) is 0 Å². The van der Waals surface area contributed by atoms with Gasteiger partial charge in [0.2, 0.25) is 5.76 Å². The number of carboxylic acids is 1. The zero-order valence-electron chi connectivity index (χ0n) is 5.94. The molecule has 0 unspecified atom stereocenters. The average Bonchev–Trinajstić information content (AvgIpc) is 1.86. The fraction of sp³-hybridized carbons (Fsp3) is 0.143. The highest BCUT2D eigenvalue weighted by atomic mass is 16.4. The Bertz CT molecular complexity index is 225. The van der Waals surface area contributed by atoms with E-state index >= 15 is 0 Å². The SMILES string of the molecule is CC(=O)/C=C\C=C(\O)C(=O)O. The van der Waals surface area contributed by atoms with Crippen molar-refractivity contribution in [2.45, 2.75) is 6.92 Å². The molecule has 0 aromatic carbocycles. The van der Waals surface area contributed by atoms with E-state index in [0.717, 1.165) is 12.2 Å². The van der Waals surface area contributed by atoms with Crippen LogP contribution in [0.15, 0.2) is 24.0 Å². The summed E-state index contributed by atoms with van der Waals surface area (Å²) < 4.78 is 0. The first-order valence-corrected chi connectivity index (χ1v) is 2.85. The Balaban J connectivity index is 4.13. The minimum absolute atomic E-state index is 0.209. The molecule has 0 aliphatic rings. The van der Waals surface area contributed by atoms with Crippen LogP contribution in [0.1, 0.15) is 6.92 Å². The summed E-state index contributed by atoms with van der Waals surface area (Å²) in [7, 11) is 0. The van der Waals surface area contributed by atoms with E-state index in [0.29, 0.717) is 0 Å². The second-order valence-electron chi connectivity index (χ2n) is 1.83. The molecule has 4 nitrogen and oxygen atoms in total. The van der Waals surface area contributed by atoms with Gasteiger partial charge in [-0.2, -0.15) is 0 Å². The number of aliphatic hydroxyl groups excluding tert-OH is 1. The van der Waals surface area contributed by atoms with Crippen LogP contribution in [0.5, 0.6) is 0 Å². The first-order valence-electron chi connectivity index (χ1n) is 2.85. The number of rotatable bonds is 3. The van der Waals surface area contributed by atoms with Crippen LogP contribution in [0.4, 0.5) is 0 Å². The Kier molecular flexibility index (Phi) is 3.66. The first kappa shape index (κ1) is 9.42. The molecule has 0 atom stereocenters. The zero-order valence-corrected chi connectivity index (χ0v) is 5.94. The van der Waals surface area contributed by atoms with Gasteiger partial charge in [0, 0.05) is 0 Å². The average molecular weight is 156 g/mol. The van der Waals surface area contributed by atoms with Crippen LogP contribution in [0.3, 0.4) is 0 Å². The molecule has 4 heteroatoms. The molecule has 0 saturated carbocycles. The van der Waals surface area contributed by atoms with E-state index in [2.05, 4.69) is 0 Å². The van der Waals surface area contributed by atoms with Crippen molar-refractivity contribution in [3.05, 3.63) is 24.0 Å². The number of hydrogen-bond donors (Lipinski definition) is 2. The van der Waals surface area contributed by atoms with Gasteiger partial charge in [-0.05, 0) is 19.1 Å². The van der Waals surface area contributed by atoms with Crippen molar-refractivity contribution < 1.29 is 19.8 Å². The number of carbonyl (C=O) groups is 2. The largest absolute Gasteiger partial charge is 0.502 e. The van der Waals surface area contributed by atoms with Gasteiger partial charge in [-0.3, -0.25) is 4.79 Å². The molecule has 0 spiro atoms. The summed E-state index contributed by atoms with van der Waals surface area (Å²) in [5, 5.41) is 16.6. The second-order valence-corrected chi connectivity index (χ2v) is 1.83. The van der Waals surface area contributed by atoms with E-state index < -0.39 is 11.7 Å². The molecule has 0 radical (unpaired) electrons. The fourth-order valence-corrected chi connectivity index (χ4v) is 0.346. The first-order chi connectivity index (χ1) is 5.04. The van der Waals surface area contributed by atoms with Gasteiger partial charge in [-0.25, -0.2) is 4.79 Å². The fourth-order valence-electron chi connectivity index (χ4n) is 0.346. The number of allylic oxidation sites excluding steroid dienone is 3. The van der Waals surface area contributed by atoms with Crippen molar-refractivity contribution in [2.75, 3.05) is 0 Å². The zero-order chi connectivity index (χ0) is 8.85. The molecule has 0 rings (SSSR count). The normalized spacial score (nSPS) is 11.9. The second kappa shape index (κ2) is 4.27. The van der Waals surface area contributed by atoms with Gasteiger partial charge in [0.1, 0.15) is 0 Å². The minimum Gasteiger partial charge on any atom is -0.502 e. The van der Waals surface area contributed by atoms with Crippen LogP contribution in [-0.2, 0) is 9.59 Å². The predicted molar refractivity (Wildman–Crippen MR) is 38.2 cm³/mol. The number of carboxylic acid groups (broad SMARTS) is 1. The lowest BCUT2D eigenvalue weighted by molar-refractivity contribution is -0.135. The Labute approximate surface area is 63.5 Å². The number of carbonyl (C=O) groups excluding carboxylic acids is 1. The summed E-state index contributed by atoms with van der Waals surface area (Å²) >= 11 is 0. The number of aliphatic hydroxyl groups is 1. The molecule has 0 aromatic rings. The molecule has 11 heavy (non-hydrogen) atoms. The Morgan fingerprint density at radius 3 is 2.18 bits per heavy atom. The summed E-state index contributed by atoms with van der Waals surface area (Å²) in [6.45, 7) is 1.32. The topological polar surface area (TPSA) is 74.6 Å². The molecule has 0 aromatic heterocycles. The van der Waals surface area contributed by atoms with Gasteiger partial charge in [0.15, 0.2) is 5.78 Å². The van der Waals surface area contributed by atoms with E-state index in [1.54, 1.807) is 0 Å². The van der Waals surface area contributed by atoms with Crippen molar-refractivity contribution in [3.63, 3.8) is 0 Å². The summed E-state index contributed by atoms with van der Waals surface area (Å²) in [4.78, 5) is 20.2. The summed E-state index contributed by atoms with van der Waals surface area (Å²) in [6, 6.07) is 0. The molecule has 0 bridgehead atoms. The van der Waals surface area contributed by atoms with Crippen molar-refractivity contribution in [2.24, 2.45) is 0 Å². The molecule has 0 fully saturated rings. The van der Waals surface area contributed by atoms with E-state index in [1.165, 1.54) is 13.0 Å². The molecule has 0 amide bonds. The lowest BCUT2D eigenvalue weighted by Gasteiger charge is -1.85. The molecule has 0 aliphatic heterocycles. The molecular formula is C7H8O4. The molecule has 60 valence electrons. The summed E-state index contributed by atoms with van der Waals surface area (Å²) in [6.07, 6.45) is 3.26. The third-order valence-corrected chi connectivity index (χ3v) is 0.804. The van der Waals surface area contributed by atoms with Crippen LogP contribution in [0, 0.1) is 0 Å². The highest BCUT2D eigenvalue weighted by Crippen LogP contribution is 1.88. The lowest BCUT2D eigenvalue weighted by Crippen LogP contribution is -1.97. The van der Waals surface area contributed by atoms with Crippen LogP contribution in [0.2, 0.25) is 0 Å². The van der Waals surface area contributed by atoms with Gasteiger partial charge in [0.25, 0.3) is 0 Å². The maximum absolute atomic E-state index is 10.2. The lowest BCUT2D eigenvalue weighted by atomic mass is 10.3. The third-order valence-electron chi connectivity index (χ3n) is 0.804. The monoisotopic (exact) mass is 156 g/mol. The van der Waals surface area contributed by atoms with Crippen LogP contribution in [0.25, 0.3) is 0 Å².